The van der Waals surface area contributed by atoms with Gasteiger partial charge in [0.1, 0.15) is 11.3 Å². The van der Waals surface area contributed by atoms with Crippen LogP contribution in [0.1, 0.15) is 16.1 Å². The monoisotopic (exact) mass is 298 g/mol. The number of hydrogen-bond acceptors (Lipinski definition) is 3. The Hall–Kier alpha value is -1.69. The molecule has 0 radical (unpaired) electrons. The van der Waals surface area contributed by atoms with Crippen molar-refractivity contribution in [2.75, 3.05) is 5.32 Å². The van der Waals surface area contributed by atoms with E-state index in [9.17, 15) is 9.18 Å². The molecule has 1 aromatic carbocycles. The summed E-state index contributed by atoms with van der Waals surface area (Å²) >= 11 is 3.04. The second-order valence-electron chi connectivity index (χ2n) is 3.35. The molecule has 0 saturated heterocycles. The number of aromatic nitrogens is 1. The van der Waals surface area contributed by atoms with E-state index in [0.717, 1.165) is 0 Å². The molecule has 1 N–H and O–H groups in total. The second-order valence-corrected chi connectivity index (χ2v) is 4.21. The molecule has 88 valence electrons. The summed E-state index contributed by atoms with van der Waals surface area (Å²) in [7, 11) is 0. The molecule has 0 saturated carbocycles. The summed E-state index contributed by atoms with van der Waals surface area (Å²) in [5.74, 6) is -0.589. The molecule has 1 amide bonds. The third-order valence-electron chi connectivity index (χ3n) is 2.20. The van der Waals surface area contributed by atoms with Crippen molar-refractivity contribution in [2.45, 2.75) is 6.92 Å². The van der Waals surface area contributed by atoms with Crippen LogP contribution in [0.15, 0.2) is 33.4 Å². The van der Waals surface area contributed by atoms with Crippen LogP contribution in [0.2, 0.25) is 0 Å². The number of carbonyl (C=O) groups is 1. The molecule has 4 nitrogen and oxygen atoms in total. The van der Waals surface area contributed by atoms with E-state index in [1.54, 1.807) is 19.1 Å². The number of hydrogen-bond donors (Lipinski definition) is 1. The highest BCUT2D eigenvalue weighted by Gasteiger charge is 2.15. The van der Waals surface area contributed by atoms with E-state index in [1.165, 1.54) is 12.3 Å². The molecule has 17 heavy (non-hydrogen) atoms. The second kappa shape index (κ2) is 4.67. The summed E-state index contributed by atoms with van der Waals surface area (Å²) in [6.45, 7) is 1.61. The fourth-order valence-electron chi connectivity index (χ4n) is 1.31. The zero-order valence-electron chi connectivity index (χ0n) is 8.83. The first kappa shape index (κ1) is 11.8. The number of anilines is 1. The number of nitrogens with zero attached hydrogens (tertiary/aromatic N) is 1. The lowest BCUT2D eigenvalue weighted by Crippen LogP contribution is -2.13. The summed E-state index contributed by atoms with van der Waals surface area (Å²) in [5.41, 5.74) is 0.384. The van der Waals surface area contributed by atoms with Crippen molar-refractivity contribution in [1.82, 2.24) is 5.16 Å². The molecule has 1 aromatic heterocycles. The van der Waals surface area contributed by atoms with Crippen molar-refractivity contribution in [1.29, 1.82) is 0 Å². The van der Waals surface area contributed by atoms with Gasteiger partial charge in [0.15, 0.2) is 5.82 Å². The third kappa shape index (κ3) is 2.36. The Balaban J connectivity index is 2.25. The van der Waals surface area contributed by atoms with Crippen LogP contribution in [0.4, 0.5) is 10.1 Å². The molecule has 1 heterocycles. The van der Waals surface area contributed by atoms with Gasteiger partial charge in [-0.05, 0) is 35.0 Å². The first-order chi connectivity index (χ1) is 8.09. The Labute approximate surface area is 105 Å². The molecule has 2 aromatic rings. The van der Waals surface area contributed by atoms with Gasteiger partial charge in [-0.25, -0.2) is 4.39 Å². The van der Waals surface area contributed by atoms with Crippen LogP contribution in [-0.4, -0.2) is 11.1 Å². The summed E-state index contributed by atoms with van der Waals surface area (Å²) in [4.78, 5) is 11.8. The van der Waals surface area contributed by atoms with E-state index in [2.05, 4.69) is 26.4 Å². The molecule has 0 aliphatic carbocycles. The third-order valence-corrected chi connectivity index (χ3v) is 2.81. The van der Waals surface area contributed by atoms with Gasteiger partial charge in [0.2, 0.25) is 0 Å². The van der Waals surface area contributed by atoms with Gasteiger partial charge in [0.25, 0.3) is 5.91 Å². The number of carbonyl (C=O) groups excluding carboxylic acids is 1. The minimum absolute atomic E-state index is 0.102. The molecule has 2 rings (SSSR count). The van der Waals surface area contributed by atoms with Gasteiger partial charge in [-0.1, -0.05) is 11.2 Å². The minimum atomic E-state index is -0.519. The van der Waals surface area contributed by atoms with Crippen LogP contribution < -0.4 is 5.32 Å². The molecule has 0 fully saturated rings. The Morgan fingerprint density at radius 2 is 2.29 bits per heavy atom. The quantitative estimate of drug-likeness (QED) is 0.927. The van der Waals surface area contributed by atoms with Crippen molar-refractivity contribution in [3.8, 4) is 0 Å². The zero-order valence-corrected chi connectivity index (χ0v) is 10.4. The zero-order chi connectivity index (χ0) is 12.4. The molecule has 0 spiro atoms. The first-order valence-electron chi connectivity index (χ1n) is 4.76. The largest absolute Gasteiger partial charge is 0.361 e. The number of benzene rings is 1. The molecule has 0 aliphatic rings. The maximum Gasteiger partial charge on any atom is 0.260 e. The smallest absolute Gasteiger partial charge is 0.260 e. The highest BCUT2D eigenvalue weighted by atomic mass is 79.9. The molecule has 0 bridgehead atoms. The van der Waals surface area contributed by atoms with E-state index < -0.39 is 11.7 Å². The van der Waals surface area contributed by atoms with Crippen LogP contribution in [0.3, 0.4) is 0 Å². The van der Waals surface area contributed by atoms with Gasteiger partial charge in [0, 0.05) is 0 Å². The summed E-state index contributed by atoms with van der Waals surface area (Å²) in [6.07, 6.45) is 1.29. The van der Waals surface area contributed by atoms with E-state index in [1.807, 2.05) is 0 Å². The summed E-state index contributed by atoms with van der Waals surface area (Å²) < 4.78 is 18.7. The normalized spacial score (nSPS) is 10.3. The van der Waals surface area contributed by atoms with Crippen molar-refractivity contribution in [2.24, 2.45) is 0 Å². The lowest BCUT2D eigenvalue weighted by Gasteiger charge is -2.06. The Morgan fingerprint density at radius 1 is 1.53 bits per heavy atom. The number of nitrogens with one attached hydrogen (secondary N) is 1. The number of aryl methyl sites for hydroxylation is 1. The summed E-state index contributed by atoms with van der Waals surface area (Å²) in [5, 5.41) is 5.94. The van der Waals surface area contributed by atoms with Crippen LogP contribution in [-0.2, 0) is 0 Å². The lowest BCUT2D eigenvalue weighted by atomic mass is 10.2. The van der Waals surface area contributed by atoms with Gasteiger partial charge in [-0.2, -0.15) is 0 Å². The van der Waals surface area contributed by atoms with E-state index in [-0.39, 0.29) is 15.7 Å². The van der Waals surface area contributed by atoms with Crippen molar-refractivity contribution in [3.63, 3.8) is 0 Å². The van der Waals surface area contributed by atoms with Crippen molar-refractivity contribution >= 4 is 27.5 Å². The fraction of sp³-hybridized carbons (Fsp3) is 0.0909. The molecular weight excluding hydrogens is 291 g/mol. The Morgan fingerprint density at radius 3 is 2.94 bits per heavy atom. The maximum atomic E-state index is 13.6. The van der Waals surface area contributed by atoms with Crippen LogP contribution in [0.25, 0.3) is 0 Å². The first-order valence-corrected chi connectivity index (χ1v) is 5.55. The van der Waals surface area contributed by atoms with Gasteiger partial charge in [-0.3, -0.25) is 4.79 Å². The average molecular weight is 299 g/mol. The Bertz CT molecular complexity index is 568. The van der Waals surface area contributed by atoms with Crippen LogP contribution in [0, 0.1) is 12.7 Å². The van der Waals surface area contributed by atoms with Gasteiger partial charge in [0.05, 0.1) is 16.4 Å². The average Bonchev–Trinajstić information content (AvgIpc) is 2.71. The van der Waals surface area contributed by atoms with Crippen molar-refractivity contribution < 1.29 is 13.7 Å². The van der Waals surface area contributed by atoms with Crippen molar-refractivity contribution in [3.05, 3.63) is 46.0 Å². The van der Waals surface area contributed by atoms with Gasteiger partial charge in [-0.15, -0.1) is 0 Å². The standard InChI is InChI=1S/C11H8BrFN2O2/c1-6-7(5-14-17-6)11(16)15-9-4-2-3-8(12)10(9)13/h2-5H,1H3,(H,15,16). The Kier molecular flexibility index (Phi) is 3.23. The van der Waals surface area contributed by atoms with Crippen LogP contribution >= 0.6 is 15.9 Å². The van der Waals surface area contributed by atoms with Gasteiger partial charge < -0.3 is 9.84 Å². The maximum absolute atomic E-state index is 13.6. The number of halogens is 2. The fourth-order valence-corrected chi connectivity index (χ4v) is 1.67. The van der Waals surface area contributed by atoms with E-state index in [0.29, 0.717) is 5.76 Å². The van der Waals surface area contributed by atoms with E-state index >= 15 is 0 Å². The van der Waals surface area contributed by atoms with Gasteiger partial charge >= 0.3 is 0 Å². The lowest BCUT2D eigenvalue weighted by molar-refractivity contribution is 0.102. The number of amides is 1. The van der Waals surface area contributed by atoms with E-state index in [4.69, 9.17) is 4.52 Å². The highest BCUT2D eigenvalue weighted by Crippen LogP contribution is 2.23. The minimum Gasteiger partial charge on any atom is -0.361 e. The molecular formula is C11H8BrFN2O2. The topological polar surface area (TPSA) is 55.1 Å². The SMILES string of the molecule is Cc1oncc1C(=O)Nc1cccc(Br)c1F. The molecule has 0 aliphatic heterocycles. The van der Waals surface area contributed by atoms with Crippen LogP contribution in [0.5, 0.6) is 0 Å². The molecule has 0 atom stereocenters. The predicted octanol–water partition coefficient (Wildman–Crippen LogP) is 3.14. The highest BCUT2D eigenvalue weighted by molar-refractivity contribution is 9.10. The summed E-state index contributed by atoms with van der Waals surface area (Å²) in [6, 6.07) is 4.65. The predicted molar refractivity (Wildman–Crippen MR) is 63.3 cm³/mol. The molecule has 6 heteroatoms. The number of rotatable bonds is 2. The molecule has 0 unspecified atom stereocenters.